The molecule has 2 unspecified atom stereocenters. The highest BCUT2D eigenvalue weighted by molar-refractivity contribution is 5.77. The number of ether oxygens (including phenoxy) is 1. The number of benzene rings is 1. The minimum atomic E-state index is -0.106. The first-order valence-corrected chi connectivity index (χ1v) is 11.4. The van der Waals surface area contributed by atoms with Gasteiger partial charge in [0, 0.05) is 38.5 Å². The van der Waals surface area contributed by atoms with Gasteiger partial charge in [0.25, 0.3) is 0 Å². The third kappa shape index (κ3) is 3.82. The zero-order chi connectivity index (χ0) is 20.4. The Kier molecular flexibility index (Phi) is 5.67. The molecule has 1 aliphatic carbocycles. The van der Waals surface area contributed by atoms with E-state index in [0.29, 0.717) is 12.6 Å². The summed E-state index contributed by atoms with van der Waals surface area (Å²) in [5.41, 5.74) is 2.49. The van der Waals surface area contributed by atoms with Crippen LogP contribution >= 0.6 is 0 Å². The first-order valence-electron chi connectivity index (χ1n) is 11.4. The first kappa shape index (κ1) is 19.8. The lowest BCUT2D eigenvalue weighted by Gasteiger charge is -2.47. The van der Waals surface area contributed by atoms with Gasteiger partial charge in [0.1, 0.15) is 6.29 Å². The molecular formula is C23H33N5O2. The second-order valence-electron chi connectivity index (χ2n) is 8.94. The Morgan fingerprint density at radius 3 is 2.73 bits per heavy atom. The number of rotatable bonds is 5. The largest absolute Gasteiger partial charge is 0.381 e. The van der Waals surface area contributed by atoms with Gasteiger partial charge in [-0.3, -0.25) is 10.6 Å². The molecule has 2 amide bonds. The van der Waals surface area contributed by atoms with E-state index in [0.717, 1.165) is 51.9 Å². The van der Waals surface area contributed by atoms with Crippen LogP contribution < -0.4 is 21.3 Å². The molecule has 4 N–H and O–H groups in total. The monoisotopic (exact) mass is 411 g/mol. The Hall–Kier alpha value is -2.09. The van der Waals surface area contributed by atoms with E-state index in [2.05, 4.69) is 44.5 Å². The number of amides is 2. The van der Waals surface area contributed by atoms with Crippen molar-refractivity contribution in [2.75, 3.05) is 26.3 Å². The van der Waals surface area contributed by atoms with Crippen molar-refractivity contribution in [3.05, 3.63) is 47.7 Å². The van der Waals surface area contributed by atoms with E-state index >= 15 is 0 Å². The number of carbonyl (C=O) groups excluding carboxylic acids is 1. The van der Waals surface area contributed by atoms with Crippen molar-refractivity contribution in [1.29, 1.82) is 0 Å². The number of carbonyl (C=O) groups is 1. The Morgan fingerprint density at radius 1 is 1.20 bits per heavy atom. The molecule has 1 aromatic rings. The van der Waals surface area contributed by atoms with Crippen LogP contribution in [0.5, 0.6) is 0 Å². The summed E-state index contributed by atoms with van der Waals surface area (Å²) < 4.78 is 5.46. The molecule has 2 atom stereocenters. The second-order valence-corrected chi connectivity index (χ2v) is 8.94. The van der Waals surface area contributed by atoms with Gasteiger partial charge in [-0.15, -0.1) is 0 Å². The van der Waals surface area contributed by atoms with Gasteiger partial charge in [0.2, 0.25) is 0 Å². The number of hydrogen-bond donors (Lipinski definition) is 4. The van der Waals surface area contributed by atoms with E-state index in [4.69, 9.17) is 4.74 Å². The molecule has 7 heteroatoms. The predicted molar refractivity (Wildman–Crippen MR) is 116 cm³/mol. The van der Waals surface area contributed by atoms with Gasteiger partial charge in [0.05, 0.1) is 11.6 Å². The lowest BCUT2D eigenvalue weighted by atomic mass is 9.71. The highest BCUT2D eigenvalue weighted by atomic mass is 16.5. The average molecular weight is 412 g/mol. The predicted octanol–water partition coefficient (Wildman–Crippen LogP) is 1.67. The Labute approximate surface area is 178 Å². The normalized spacial score (nSPS) is 27.7. The number of urea groups is 1. The van der Waals surface area contributed by atoms with Gasteiger partial charge in [-0.2, -0.15) is 0 Å². The molecule has 0 bridgehead atoms. The minimum absolute atomic E-state index is 0.0417. The number of nitrogens with one attached hydrogen (secondary N) is 4. The van der Waals surface area contributed by atoms with Crippen molar-refractivity contribution in [3.8, 4) is 0 Å². The number of likely N-dealkylation sites (tertiary alicyclic amines) is 1. The van der Waals surface area contributed by atoms with Crippen LogP contribution in [-0.2, 0) is 11.2 Å². The molecular weight excluding hydrogens is 378 g/mol. The SMILES string of the molecule is O=C(NCCc1ccccc1)N1CC2NC(NC3CCOCC3)NC=C2C12CCC2. The van der Waals surface area contributed by atoms with Crippen LogP contribution in [0.15, 0.2) is 42.1 Å². The lowest BCUT2D eigenvalue weighted by Crippen LogP contribution is -2.61. The molecule has 7 nitrogen and oxygen atoms in total. The second kappa shape index (κ2) is 8.57. The van der Waals surface area contributed by atoms with Crippen LogP contribution in [-0.4, -0.2) is 61.1 Å². The molecule has 3 fully saturated rings. The number of fused-ring (bicyclic) bond motifs is 2. The Balaban J connectivity index is 1.20. The third-order valence-corrected chi connectivity index (χ3v) is 7.15. The van der Waals surface area contributed by atoms with Gasteiger partial charge in [-0.1, -0.05) is 30.3 Å². The zero-order valence-corrected chi connectivity index (χ0v) is 17.5. The molecule has 2 saturated heterocycles. The fourth-order valence-corrected chi connectivity index (χ4v) is 5.33. The molecule has 5 rings (SSSR count). The van der Waals surface area contributed by atoms with Gasteiger partial charge in [0.15, 0.2) is 0 Å². The third-order valence-electron chi connectivity index (χ3n) is 7.15. The molecule has 30 heavy (non-hydrogen) atoms. The van der Waals surface area contributed by atoms with Crippen LogP contribution in [0.2, 0.25) is 0 Å². The molecule has 162 valence electrons. The summed E-state index contributed by atoms with van der Waals surface area (Å²) in [5, 5.41) is 14.0. The maximum absolute atomic E-state index is 13.1. The summed E-state index contributed by atoms with van der Waals surface area (Å²) >= 11 is 0. The van der Waals surface area contributed by atoms with Gasteiger partial charge < -0.3 is 20.3 Å². The van der Waals surface area contributed by atoms with Crippen molar-refractivity contribution in [2.24, 2.45) is 0 Å². The lowest BCUT2D eigenvalue weighted by molar-refractivity contribution is 0.0715. The van der Waals surface area contributed by atoms with Gasteiger partial charge >= 0.3 is 6.03 Å². The first-order chi connectivity index (χ1) is 14.7. The summed E-state index contributed by atoms with van der Waals surface area (Å²) in [6.07, 6.45) is 8.46. The van der Waals surface area contributed by atoms with E-state index < -0.39 is 0 Å². The summed E-state index contributed by atoms with van der Waals surface area (Å²) in [6.45, 7) is 3.05. The van der Waals surface area contributed by atoms with Crippen molar-refractivity contribution < 1.29 is 9.53 Å². The Morgan fingerprint density at radius 2 is 2.00 bits per heavy atom. The molecule has 1 spiro atoms. The molecule has 1 aromatic carbocycles. The molecule has 3 aliphatic heterocycles. The van der Waals surface area contributed by atoms with E-state index in [9.17, 15) is 4.79 Å². The van der Waals surface area contributed by atoms with Crippen LogP contribution in [0.25, 0.3) is 0 Å². The number of nitrogens with zero attached hydrogens (tertiary/aromatic N) is 1. The van der Waals surface area contributed by atoms with Crippen LogP contribution in [0.3, 0.4) is 0 Å². The van der Waals surface area contributed by atoms with E-state index in [-0.39, 0.29) is 23.9 Å². The van der Waals surface area contributed by atoms with Crippen LogP contribution in [0, 0.1) is 0 Å². The zero-order valence-electron chi connectivity index (χ0n) is 17.5. The summed E-state index contributed by atoms with van der Waals surface area (Å²) in [5.74, 6) is 0. The standard InChI is InChI=1S/C23H33N5O2/c29-22(24-12-7-17-5-2-1-3-6-17)28-16-20-19(23(28)10-4-11-23)15-25-21(27-20)26-18-8-13-30-14-9-18/h1-3,5-6,15,18,20-21,25-27H,4,7-14,16H2,(H,24,29). The summed E-state index contributed by atoms with van der Waals surface area (Å²) in [6, 6.07) is 11.1. The Bertz CT molecular complexity index is 773. The van der Waals surface area contributed by atoms with Crippen molar-refractivity contribution in [3.63, 3.8) is 0 Å². The quantitative estimate of drug-likeness (QED) is 0.593. The topological polar surface area (TPSA) is 77.7 Å². The van der Waals surface area contributed by atoms with Gasteiger partial charge in [-0.05, 0) is 49.7 Å². The van der Waals surface area contributed by atoms with Crippen molar-refractivity contribution in [1.82, 2.24) is 26.2 Å². The summed E-state index contributed by atoms with van der Waals surface area (Å²) in [7, 11) is 0. The molecule has 4 aliphatic rings. The molecule has 0 radical (unpaired) electrons. The molecule has 0 aromatic heterocycles. The van der Waals surface area contributed by atoms with Gasteiger partial charge in [-0.25, -0.2) is 4.79 Å². The highest BCUT2D eigenvalue weighted by Crippen LogP contribution is 2.49. The maximum Gasteiger partial charge on any atom is 0.318 e. The fourth-order valence-electron chi connectivity index (χ4n) is 5.33. The van der Waals surface area contributed by atoms with Crippen molar-refractivity contribution in [2.45, 2.75) is 62.4 Å². The van der Waals surface area contributed by atoms with E-state index in [1.807, 2.05) is 18.2 Å². The molecule has 1 saturated carbocycles. The highest BCUT2D eigenvalue weighted by Gasteiger charge is 2.56. The maximum atomic E-state index is 13.1. The van der Waals surface area contributed by atoms with E-state index in [1.54, 1.807) is 0 Å². The molecule has 3 heterocycles. The smallest absolute Gasteiger partial charge is 0.318 e. The van der Waals surface area contributed by atoms with Crippen LogP contribution in [0.4, 0.5) is 4.79 Å². The average Bonchev–Trinajstić information content (AvgIpc) is 3.10. The number of hydrogen-bond acceptors (Lipinski definition) is 5. The minimum Gasteiger partial charge on any atom is -0.381 e. The fraction of sp³-hybridized carbons (Fsp3) is 0.609. The van der Waals surface area contributed by atoms with E-state index in [1.165, 1.54) is 17.6 Å². The van der Waals surface area contributed by atoms with Crippen molar-refractivity contribution >= 4 is 6.03 Å². The van der Waals surface area contributed by atoms with Crippen LogP contribution in [0.1, 0.15) is 37.7 Å². The summed E-state index contributed by atoms with van der Waals surface area (Å²) in [4.78, 5) is 15.2.